The summed E-state index contributed by atoms with van der Waals surface area (Å²) in [4.78, 5) is 24.8. The number of anilines is 1. The molecular formula is C13H19N3O2. The van der Waals surface area contributed by atoms with Crippen molar-refractivity contribution in [3.63, 3.8) is 0 Å². The Morgan fingerprint density at radius 3 is 2.28 bits per heavy atom. The summed E-state index contributed by atoms with van der Waals surface area (Å²) in [7, 11) is 3.66. The molecule has 5 heteroatoms. The van der Waals surface area contributed by atoms with Crippen LogP contribution >= 0.6 is 0 Å². The van der Waals surface area contributed by atoms with Gasteiger partial charge in [-0.3, -0.25) is 9.59 Å². The summed E-state index contributed by atoms with van der Waals surface area (Å²) in [5.41, 5.74) is 1.28. The number of rotatable bonds is 5. The van der Waals surface area contributed by atoms with Crippen LogP contribution in [0.15, 0.2) is 24.3 Å². The maximum absolute atomic E-state index is 11.5. The molecule has 2 amide bonds. The highest BCUT2D eigenvalue weighted by molar-refractivity contribution is 5.96. The van der Waals surface area contributed by atoms with Gasteiger partial charge in [-0.1, -0.05) is 0 Å². The first kappa shape index (κ1) is 14.2. The molecular weight excluding hydrogens is 230 g/mol. The van der Waals surface area contributed by atoms with Crippen molar-refractivity contribution in [3.05, 3.63) is 29.8 Å². The summed E-state index contributed by atoms with van der Waals surface area (Å²) in [6.45, 7) is 2.80. The molecule has 18 heavy (non-hydrogen) atoms. The van der Waals surface area contributed by atoms with E-state index in [1.807, 2.05) is 21.0 Å². The number of hydrogen-bond donors (Lipinski definition) is 2. The molecule has 98 valence electrons. The van der Waals surface area contributed by atoms with Crippen molar-refractivity contribution in [2.24, 2.45) is 0 Å². The third kappa shape index (κ3) is 4.55. The molecule has 1 rings (SSSR count). The molecule has 0 aliphatic heterocycles. The van der Waals surface area contributed by atoms with Crippen LogP contribution in [0.4, 0.5) is 5.69 Å². The van der Waals surface area contributed by atoms with E-state index in [1.54, 1.807) is 29.2 Å². The summed E-state index contributed by atoms with van der Waals surface area (Å²) >= 11 is 0. The Labute approximate surface area is 107 Å². The van der Waals surface area contributed by atoms with E-state index in [2.05, 4.69) is 10.6 Å². The van der Waals surface area contributed by atoms with Gasteiger partial charge in [-0.05, 0) is 45.3 Å². The van der Waals surface area contributed by atoms with Gasteiger partial charge in [0, 0.05) is 17.8 Å². The number of likely N-dealkylation sites (N-methyl/N-ethyl adjacent to an activating group) is 1. The fourth-order valence-corrected chi connectivity index (χ4v) is 1.46. The quantitative estimate of drug-likeness (QED) is 0.816. The Morgan fingerprint density at radius 2 is 1.78 bits per heavy atom. The molecule has 5 nitrogen and oxygen atoms in total. The van der Waals surface area contributed by atoms with Crippen molar-refractivity contribution in [1.82, 2.24) is 10.2 Å². The molecule has 1 aromatic carbocycles. The SMILES string of the molecule is CCNC(=O)c1ccc(NC(=O)CN(C)C)cc1. The maximum Gasteiger partial charge on any atom is 0.251 e. The molecule has 0 unspecified atom stereocenters. The third-order valence-electron chi connectivity index (χ3n) is 2.23. The standard InChI is InChI=1S/C13H19N3O2/c1-4-14-13(18)10-5-7-11(8-6-10)15-12(17)9-16(2)3/h5-8H,4,9H2,1-3H3,(H,14,18)(H,15,17). The lowest BCUT2D eigenvalue weighted by Crippen LogP contribution is -2.27. The fraction of sp³-hybridized carbons (Fsp3) is 0.385. The van der Waals surface area contributed by atoms with Gasteiger partial charge in [0.05, 0.1) is 6.54 Å². The van der Waals surface area contributed by atoms with Crippen LogP contribution < -0.4 is 10.6 Å². The molecule has 0 spiro atoms. The van der Waals surface area contributed by atoms with Crippen molar-refractivity contribution in [3.8, 4) is 0 Å². The van der Waals surface area contributed by atoms with Gasteiger partial charge in [0.1, 0.15) is 0 Å². The molecule has 0 radical (unpaired) electrons. The molecule has 0 aliphatic rings. The summed E-state index contributed by atoms with van der Waals surface area (Å²) in [5.74, 6) is -0.186. The van der Waals surface area contributed by atoms with Crippen molar-refractivity contribution < 1.29 is 9.59 Å². The van der Waals surface area contributed by atoms with Crippen molar-refractivity contribution in [2.75, 3.05) is 32.5 Å². The largest absolute Gasteiger partial charge is 0.352 e. The molecule has 0 heterocycles. The molecule has 2 N–H and O–H groups in total. The molecule has 0 atom stereocenters. The van der Waals surface area contributed by atoms with Gasteiger partial charge < -0.3 is 15.5 Å². The molecule has 0 aliphatic carbocycles. The minimum Gasteiger partial charge on any atom is -0.352 e. The topological polar surface area (TPSA) is 61.4 Å². The molecule has 0 fully saturated rings. The predicted molar refractivity (Wildman–Crippen MR) is 71.6 cm³/mol. The highest BCUT2D eigenvalue weighted by Gasteiger charge is 2.06. The van der Waals surface area contributed by atoms with E-state index < -0.39 is 0 Å². The average molecular weight is 249 g/mol. The van der Waals surface area contributed by atoms with Crippen LogP contribution in [-0.4, -0.2) is 43.9 Å². The van der Waals surface area contributed by atoms with Crippen molar-refractivity contribution >= 4 is 17.5 Å². The number of hydrogen-bond acceptors (Lipinski definition) is 3. The van der Waals surface area contributed by atoms with Crippen LogP contribution in [-0.2, 0) is 4.79 Å². The van der Waals surface area contributed by atoms with E-state index in [0.717, 1.165) is 0 Å². The molecule has 0 saturated heterocycles. The number of amides is 2. The van der Waals surface area contributed by atoms with E-state index in [1.165, 1.54) is 0 Å². The van der Waals surface area contributed by atoms with Gasteiger partial charge in [-0.2, -0.15) is 0 Å². The third-order valence-corrected chi connectivity index (χ3v) is 2.23. The Morgan fingerprint density at radius 1 is 1.17 bits per heavy atom. The first-order valence-corrected chi connectivity index (χ1v) is 5.85. The van der Waals surface area contributed by atoms with Crippen molar-refractivity contribution in [1.29, 1.82) is 0 Å². The number of nitrogens with one attached hydrogen (secondary N) is 2. The zero-order valence-corrected chi connectivity index (χ0v) is 11.0. The van der Waals surface area contributed by atoms with Gasteiger partial charge >= 0.3 is 0 Å². The Bertz CT molecular complexity index is 413. The van der Waals surface area contributed by atoms with E-state index in [9.17, 15) is 9.59 Å². The number of nitrogens with zero attached hydrogens (tertiary/aromatic N) is 1. The van der Waals surface area contributed by atoms with Gasteiger partial charge in [-0.15, -0.1) is 0 Å². The van der Waals surface area contributed by atoms with Crippen molar-refractivity contribution in [2.45, 2.75) is 6.92 Å². The monoisotopic (exact) mass is 249 g/mol. The lowest BCUT2D eigenvalue weighted by Gasteiger charge is -2.10. The molecule has 1 aromatic rings. The predicted octanol–water partition coefficient (Wildman–Crippen LogP) is 0.936. The zero-order chi connectivity index (χ0) is 13.5. The van der Waals surface area contributed by atoms with Crippen LogP contribution in [0.2, 0.25) is 0 Å². The van der Waals surface area contributed by atoms with E-state index >= 15 is 0 Å². The summed E-state index contributed by atoms with van der Waals surface area (Å²) < 4.78 is 0. The average Bonchev–Trinajstić information content (AvgIpc) is 2.29. The molecule has 0 saturated carbocycles. The molecule has 0 aromatic heterocycles. The smallest absolute Gasteiger partial charge is 0.251 e. The normalized spacial score (nSPS) is 10.2. The second kappa shape index (κ2) is 6.76. The zero-order valence-electron chi connectivity index (χ0n) is 11.0. The first-order chi connectivity index (χ1) is 8.52. The second-order valence-electron chi connectivity index (χ2n) is 4.22. The highest BCUT2D eigenvalue weighted by atomic mass is 16.2. The van der Waals surface area contributed by atoms with Gasteiger partial charge in [0.2, 0.25) is 5.91 Å². The van der Waals surface area contributed by atoms with Crippen LogP contribution in [0.5, 0.6) is 0 Å². The number of carbonyl (C=O) groups is 2. The van der Waals surface area contributed by atoms with Crippen LogP contribution in [0.3, 0.4) is 0 Å². The fourth-order valence-electron chi connectivity index (χ4n) is 1.46. The van der Waals surface area contributed by atoms with Gasteiger partial charge in [-0.25, -0.2) is 0 Å². The lowest BCUT2D eigenvalue weighted by molar-refractivity contribution is -0.116. The minimum atomic E-state index is -0.108. The van der Waals surface area contributed by atoms with Gasteiger partial charge in [0.15, 0.2) is 0 Å². The van der Waals surface area contributed by atoms with Gasteiger partial charge in [0.25, 0.3) is 5.91 Å². The molecule has 0 bridgehead atoms. The summed E-state index contributed by atoms with van der Waals surface area (Å²) in [6.07, 6.45) is 0. The summed E-state index contributed by atoms with van der Waals surface area (Å²) in [5, 5.41) is 5.47. The summed E-state index contributed by atoms with van der Waals surface area (Å²) in [6, 6.07) is 6.82. The van der Waals surface area contributed by atoms with Crippen LogP contribution in [0.25, 0.3) is 0 Å². The van der Waals surface area contributed by atoms with Crippen LogP contribution in [0.1, 0.15) is 17.3 Å². The Kier molecular flexibility index (Phi) is 5.32. The Balaban J connectivity index is 2.60. The van der Waals surface area contributed by atoms with E-state index in [-0.39, 0.29) is 11.8 Å². The lowest BCUT2D eigenvalue weighted by atomic mass is 10.2. The van der Waals surface area contributed by atoms with Crippen LogP contribution in [0, 0.1) is 0 Å². The highest BCUT2D eigenvalue weighted by Crippen LogP contribution is 2.09. The number of carbonyl (C=O) groups excluding carboxylic acids is 2. The number of benzene rings is 1. The second-order valence-corrected chi connectivity index (χ2v) is 4.22. The van der Waals surface area contributed by atoms with E-state index in [4.69, 9.17) is 0 Å². The van der Waals surface area contributed by atoms with E-state index in [0.29, 0.717) is 24.3 Å². The maximum atomic E-state index is 11.5. The Hall–Kier alpha value is -1.88. The minimum absolute atomic E-state index is 0.0780. The first-order valence-electron chi connectivity index (χ1n) is 5.85.